The molecule has 2 amide bonds. The summed E-state index contributed by atoms with van der Waals surface area (Å²) in [6.45, 7) is 0.859. The van der Waals surface area contributed by atoms with E-state index in [2.05, 4.69) is 25.7 Å². The van der Waals surface area contributed by atoms with E-state index in [1.54, 1.807) is 5.38 Å². The third-order valence-corrected chi connectivity index (χ3v) is 9.28. The largest absolute Gasteiger partial charge is 0.477 e. The monoisotopic (exact) mass is 585 g/mol. The number of β-lactam (4-membered cyclic amide) rings is 1. The fourth-order valence-corrected chi connectivity index (χ4v) is 7.20. The maximum Gasteiger partial charge on any atom is 0.352 e. The SMILES string of the molecule is NCCCO/N=C(\C(=O)NC1C(=O)N2C(C(=O)O)=C(CSc3nnc(CN)s3)CS[C@H]12)c1csc(N)n1. The van der Waals surface area contributed by atoms with E-state index in [9.17, 15) is 19.5 Å². The van der Waals surface area contributed by atoms with Crippen molar-refractivity contribution in [3.05, 3.63) is 27.4 Å². The average Bonchev–Trinajstić information content (AvgIpc) is 3.53. The molecule has 2 aliphatic heterocycles. The summed E-state index contributed by atoms with van der Waals surface area (Å²) in [4.78, 5) is 48.6. The summed E-state index contributed by atoms with van der Waals surface area (Å²) in [5.41, 5.74) is 17.3. The highest BCUT2D eigenvalue weighted by Crippen LogP contribution is 2.41. The topological polar surface area (TPSA) is 225 Å². The third kappa shape index (κ3) is 6.04. The molecule has 0 aliphatic carbocycles. The van der Waals surface area contributed by atoms with Crippen LogP contribution in [0.5, 0.6) is 0 Å². The van der Waals surface area contributed by atoms with E-state index in [-0.39, 0.29) is 35.4 Å². The minimum atomic E-state index is -1.22. The molecule has 0 spiro atoms. The first-order valence-corrected chi connectivity index (χ1v) is 14.5. The van der Waals surface area contributed by atoms with Gasteiger partial charge in [0.25, 0.3) is 11.8 Å². The van der Waals surface area contributed by atoms with Gasteiger partial charge in [-0.2, -0.15) is 0 Å². The summed E-state index contributed by atoms with van der Waals surface area (Å²) in [5, 5.41) is 26.3. The molecule has 8 N–H and O–H groups in total. The van der Waals surface area contributed by atoms with Crippen molar-refractivity contribution in [2.45, 2.75) is 28.7 Å². The lowest BCUT2D eigenvalue weighted by atomic mass is 10.0. The number of rotatable bonds is 12. The number of carbonyl (C=O) groups excluding carboxylic acids is 2. The van der Waals surface area contributed by atoms with Crippen LogP contribution in [-0.2, 0) is 25.8 Å². The number of fused-ring (bicyclic) bond motifs is 1. The van der Waals surface area contributed by atoms with Crippen LogP contribution in [-0.4, -0.2) is 84.8 Å². The molecule has 2 aromatic rings. The minimum absolute atomic E-state index is 0.0819. The Labute approximate surface area is 227 Å². The van der Waals surface area contributed by atoms with Crippen molar-refractivity contribution in [1.29, 1.82) is 0 Å². The molecule has 1 fully saturated rings. The number of nitrogen functional groups attached to an aromatic ring is 1. The lowest BCUT2D eigenvalue weighted by Crippen LogP contribution is -2.71. The highest BCUT2D eigenvalue weighted by Gasteiger charge is 2.54. The fraction of sp³-hybridized carbons (Fsp3) is 0.421. The number of thioether (sulfide) groups is 2. The summed E-state index contributed by atoms with van der Waals surface area (Å²) < 4.78 is 0.660. The number of aromatic nitrogens is 3. The summed E-state index contributed by atoms with van der Waals surface area (Å²) in [6.07, 6.45) is 0.532. The molecule has 4 rings (SSSR count). The van der Waals surface area contributed by atoms with E-state index in [1.807, 2.05) is 0 Å². The summed E-state index contributed by atoms with van der Waals surface area (Å²) >= 11 is 5.15. The van der Waals surface area contributed by atoms with E-state index in [1.165, 1.54) is 39.8 Å². The molecule has 0 radical (unpaired) electrons. The quantitative estimate of drug-likeness (QED) is 0.0706. The van der Waals surface area contributed by atoms with Crippen LogP contribution >= 0.6 is 46.2 Å². The van der Waals surface area contributed by atoms with Crippen molar-refractivity contribution in [3.8, 4) is 0 Å². The van der Waals surface area contributed by atoms with Gasteiger partial charge in [-0.1, -0.05) is 28.3 Å². The molecule has 2 atom stereocenters. The number of nitrogens with one attached hydrogen (secondary N) is 1. The minimum Gasteiger partial charge on any atom is -0.477 e. The first-order chi connectivity index (χ1) is 17.8. The third-order valence-electron chi connectivity index (χ3n) is 5.10. The first-order valence-electron chi connectivity index (χ1n) is 10.8. The Kier molecular flexibility index (Phi) is 8.98. The number of aliphatic carboxylic acids is 1. The van der Waals surface area contributed by atoms with Gasteiger partial charge in [0, 0.05) is 23.4 Å². The van der Waals surface area contributed by atoms with Gasteiger partial charge in [-0.15, -0.1) is 33.3 Å². The Bertz CT molecular complexity index is 1250. The van der Waals surface area contributed by atoms with Crippen LogP contribution in [0.15, 0.2) is 26.1 Å². The number of nitrogens with two attached hydrogens (primary N) is 3. The molecule has 2 aliphatic rings. The van der Waals surface area contributed by atoms with Crippen molar-refractivity contribution in [2.24, 2.45) is 16.6 Å². The Morgan fingerprint density at radius 2 is 2.16 bits per heavy atom. The normalized spacial score (nSPS) is 19.5. The van der Waals surface area contributed by atoms with Crippen molar-refractivity contribution >= 4 is 74.8 Å². The first kappa shape index (κ1) is 27.3. The zero-order valence-electron chi connectivity index (χ0n) is 19.2. The van der Waals surface area contributed by atoms with Gasteiger partial charge in [-0.3, -0.25) is 14.5 Å². The number of oxime groups is 1. The Morgan fingerprint density at radius 1 is 1.35 bits per heavy atom. The second kappa shape index (κ2) is 12.2. The summed E-state index contributed by atoms with van der Waals surface area (Å²) in [6, 6.07) is -0.943. The van der Waals surface area contributed by atoms with Crippen LogP contribution in [0.3, 0.4) is 0 Å². The van der Waals surface area contributed by atoms with Crippen molar-refractivity contribution in [1.82, 2.24) is 25.4 Å². The lowest BCUT2D eigenvalue weighted by Gasteiger charge is -2.49. The van der Waals surface area contributed by atoms with Crippen LogP contribution in [0, 0.1) is 0 Å². The van der Waals surface area contributed by atoms with Gasteiger partial charge in [0.2, 0.25) is 0 Å². The predicted molar refractivity (Wildman–Crippen MR) is 141 cm³/mol. The van der Waals surface area contributed by atoms with Crippen molar-refractivity contribution in [2.75, 3.05) is 30.4 Å². The average molecular weight is 586 g/mol. The van der Waals surface area contributed by atoms with E-state index >= 15 is 0 Å². The Morgan fingerprint density at radius 3 is 2.81 bits per heavy atom. The van der Waals surface area contributed by atoms with Gasteiger partial charge in [0.05, 0.1) is 0 Å². The lowest BCUT2D eigenvalue weighted by molar-refractivity contribution is -0.150. The molecule has 18 heteroatoms. The van der Waals surface area contributed by atoms with Crippen molar-refractivity contribution in [3.63, 3.8) is 0 Å². The smallest absolute Gasteiger partial charge is 0.352 e. The number of anilines is 1. The number of nitrogens with zero attached hydrogens (tertiary/aromatic N) is 5. The Balaban J connectivity index is 1.46. The highest BCUT2D eigenvalue weighted by molar-refractivity contribution is 8.01. The summed E-state index contributed by atoms with van der Waals surface area (Å²) in [7, 11) is 0. The van der Waals surface area contributed by atoms with Crippen LogP contribution < -0.4 is 22.5 Å². The number of carboxylic acids is 1. The molecule has 1 unspecified atom stereocenters. The van der Waals surface area contributed by atoms with Gasteiger partial charge in [-0.05, 0) is 18.5 Å². The molecule has 4 heterocycles. The molecule has 14 nitrogen and oxygen atoms in total. The molecule has 198 valence electrons. The van der Waals surface area contributed by atoms with Gasteiger partial charge in [0.1, 0.15) is 34.4 Å². The zero-order chi connectivity index (χ0) is 26.5. The predicted octanol–water partition coefficient (Wildman–Crippen LogP) is -0.364. The standard InChI is InChI=1S/C19H23N9O5S4/c20-2-1-3-33-27-11(9-7-35-18(22)23-9)14(29)24-12-15(30)28-13(17(31)32)8(5-34-16(12)28)6-36-19-26-25-10(4-21)37-19/h7,12,16H,1-6,20-21H2,(H2,22,23)(H,24,29)(H,31,32)/b27-11-/t12?,16-/m1/s1. The second-order valence-corrected chi connectivity index (χ2v) is 11.8. The fourth-order valence-electron chi connectivity index (χ4n) is 3.39. The van der Waals surface area contributed by atoms with E-state index in [4.69, 9.17) is 22.0 Å². The number of carbonyl (C=O) groups is 3. The van der Waals surface area contributed by atoms with Gasteiger partial charge in [0.15, 0.2) is 15.2 Å². The van der Waals surface area contributed by atoms with Crippen LogP contribution in [0.4, 0.5) is 5.13 Å². The van der Waals surface area contributed by atoms with Crippen LogP contribution in [0.1, 0.15) is 17.1 Å². The highest BCUT2D eigenvalue weighted by atomic mass is 32.2. The zero-order valence-corrected chi connectivity index (χ0v) is 22.4. The van der Waals surface area contributed by atoms with E-state index in [0.717, 1.165) is 11.3 Å². The van der Waals surface area contributed by atoms with Crippen LogP contribution in [0.25, 0.3) is 0 Å². The number of amides is 2. The second-order valence-electron chi connectivity index (χ2n) is 7.56. The maximum absolute atomic E-state index is 13.1. The van der Waals surface area contributed by atoms with E-state index < -0.39 is 29.2 Å². The molecule has 0 saturated carbocycles. The maximum atomic E-state index is 13.1. The summed E-state index contributed by atoms with van der Waals surface area (Å²) in [5.74, 6) is -1.75. The molecule has 0 aromatic carbocycles. The Hall–Kier alpha value is -2.77. The molecular weight excluding hydrogens is 563 g/mol. The molecule has 2 aromatic heterocycles. The molecule has 37 heavy (non-hydrogen) atoms. The van der Waals surface area contributed by atoms with Gasteiger partial charge < -0.3 is 32.5 Å². The molecule has 0 bridgehead atoms. The molecular formula is C19H23N9O5S4. The van der Waals surface area contributed by atoms with Crippen molar-refractivity contribution < 1.29 is 24.3 Å². The van der Waals surface area contributed by atoms with E-state index in [0.29, 0.717) is 39.4 Å². The number of hydrogen-bond acceptors (Lipinski definition) is 15. The van der Waals surface area contributed by atoms with Crippen LogP contribution in [0.2, 0.25) is 0 Å². The van der Waals surface area contributed by atoms with Gasteiger partial charge >= 0.3 is 5.97 Å². The number of thiazole rings is 1. The number of carboxylic acid groups (broad SMARTS) is 1. The van der Waals surface area contributed by atoms with Gasteiger partial charge in [-0.25, -0.2) is 9.78 Å². The number of hydrogen-bond donors (Lipinski definition) is 5. The molecule has 1 saturated heterocycles.